The number of carbonyl (C=O) groups is 1. The molecule has 1 aromatic rings. The van der Waals surface area contributed by atoms with Gasteiger partial charge in [0.25, 0.3) is 5.91 Å². The van der Waals surface area contributed by atoms with Crippen molar-refractivity contribution in [2.24, 2.45) is 17.1 Å². The number of anilines is 1. The van der Waals surface area contributed by atoms with E-state index >= 15 is 0 Å². The highest BCUT2D eigenvalue weighted by Gasteiger charge is 2.40. The Bertz CT molecular complexity index is 1170. The zero-order valence-electron chi connectivity index (χ0n) is 21.7. The Morgan fingerprint density at radius 3 is 2.63 bits per heavy atom. The molecule has 210 valence electrons. The van der Waals surface area contributed by atoms with Crippen LogP contribution in [-0.4, -0.2) is 80.5 Å². The van der Waals surface area contributed by atoms with Crippen molar-refractivity contribution in [2.45, 2.75) is 51.2 Å². The normalized spacial score (nSPS) is 26.3. The van der Waals surface area contributed by atoms with E-state index in [1.54, 1.807) is 29.2 Å². The van der Waals surface area contributed by atoms with E-state index in [1.165, 1.54) is 4.31 Å². The van der Waals surface area contributed by atoms with Crippen LogP contribution in [0.3, 0.4) is 0 Å². The fourth-order valence-electron chi connectivity index (χ4n) is 4.93. The molecule has 1 aromatic carbocycles. The lowest BCUT2D eigenvalue weighted by Crippen LogP contribution is -2.51. The summed E-state index contributed by atoms with van der Waals surface area (Å²) in [5.74, 6) is -1.35. The molecule has 2 saturated carbocycles. The summed E-state index contributed by atoms with van der Waals surface area (Å²) in [6.45, 7) is 3.27. The highest BCUT2D eigenvalue weighted by atomic mass is 35.5. The van der Waals surface area contributed by atoms with Gasteiger partial charge >= 0.3 is 0 Å². The first-order valence-electron chi connectivity index (χ1n) is 13.1. The van der Waals surface area contributed by atoms with Gasteiger partial charge < -0.3 is 26.1 Å². The monoisotopic (exact) mass is 569 g/mol. The minimum atomic E-state index is -3.68. The molecular formula is C26H37ClFN5O4S. The van der Waals surface area contributed by atoms with Crippen molar-refractivity contribution in [3.8, 4) is 0 Å². The Kier molecular flexibility index (Phi) is 9.01. The highest BCUT2D eigenvalue weighted by Crippen LogP contribution is 2.45. The van der Waals surface area contributed by atoms with E-state index < -0.39 is 28.0 Å². The van der Waals surface area contributed by atoms with Crippen molar-refractivity contribution in [3.63, 3.8) is 0 Å². The summed E-state index contributed by atoms with van der Waals surface area (Å²) < 4.78 is 48.0. The summed E-state index contributed by atoms with van der Waals surface area (Å²) in [6.07, 6.45) is 3.14. The summed E-state index contributed by atoms with van der Waals surface area (Å²) in [7, 11) is -3.68. The molecule has 0 aromatic heterocycles. The molecule has 3 aliphatic rings. The van der Waals surface area contributed by atoms with Crippen LogP contribution < -0.4 is 11.1 Å². The van der Waals surface area contributed by atoms with E-state index in [9.17, 15) is 17.6 Å². The number of nitrogens with one attached hydrogen (secondary N) is 2. The molecule has 3 unspecified atom stereocenters. The summed E-state index contributed by atoms with van der Waals surface area (Å²) in [4.78, 5) is 15.1. The third kappa shape index (κ3) is 7.25. The molecule has 1 amide bonds. The number of carbonyl (C=O) groups excluding carboxylic acids is 1. The minimum Gasteiger partial charge on any atom is -0.486 e. The zero-order chi connectivity index (χ0) is 27.5. The van der Waals surface area contributed by atoms with Gasteiger partial charge in [-0.05, 0) is 50.3 Å². The Morgan fingerprint density at radius 1 is 1.29 bits per heavy atom. The van der Waals surface area contributed by atoms with Gasteiger partial charge in [0.15, 0.2) is 0 Å². The Morgan fingerprint density at radius 2 is 2.00 bits per heavy atom. The van der Waals surface area contributed by atoms with Crippen LogP contribution in [0.1, 0.15) is 39.0 Å². The number of allylic oxidation sites excluding steroid dienone is 1. The van der Waals surface area contributed by atoms with E-state index in [-0.39, 0.29) is 54.8 Å². The standard InChI is InChI=1S/C26H37ClFN5O4S/c1-26(7-8-26)17-37-24(25(34)31-21-4-2-3-19(27)14-21)23(15-29)32-9-11-33(12-10-32)38(35,36)16-18-13-20(30)5-6-22(18)28/h2-4,14-15,18,20,22,29H,5-13,16-17,30H2,1H3,(H,31,34). The number of sulfonamides is 1. The molecule has 9 nitrogen and oxygen atoms in total. The maximum atomic E-state index is 14.4. The maximum Gasteiger partial charge on any atom is 0.293 e. The number of nitrogens with two attached hydrogens (primary N) is 1. The molecular weight excluding hydrogens is 533 g/mol. The van der Waals surface area contributed by atoms with Gasteiger partial charge in [0.2, 0.25) is 15.8 Å². The molecule has 0 bridgehead atoms. The highest BCUT2D eigenvalue weighted by molar-refractivity contribution is 7.89. The molecule has 38 heavy (non-hydrogen) atoms. The van der Waals surface area contributed by atoms with Gasteiger partial charge in [0.05, 0.1) is 12.4 Å². The van der Waals surface area contributed by atoms with Gasteiger partial charge in [0, 0.05) is 60.5 Å². The van der Waals surface area contributed by atoms with Crippen LogP contribution in [0, 0.1) is 16.7 Å². The molecule has 3 fully saturated rings. The Labute approximate surface area is 229 Å². The van der Waals surface area contributed by atoms with Crippen molar-refractivity contribution < 1.29 is 22.3 Å². The quantitative estimate of drug-likeness (QED) is 0.225. The largest absolute Gasteiger partial charge is 0.486 e. The number of benzene rings is 1. The SMILES string of the molecule is CC1(COC(C(=O)Nc2cccc(Cl)c2)=C(C=N)N2CCN(S(=O)(=O)CC3CC(N)CCC3F)CC2)CC1. The van der Waals surface area contributed by atoms with E-state index in [0.717, 1.165) is 19.1 Å². The smallest absolute Gasteiger partial charge is 0.293 e. The molecule has 4 N–H and O–H groups in total. The van der Waals surface area contributed by atoms with Gasteiger partial charge in [-0.15, -0.1) is 0 Å². The second kappa shape index (κ2) is 11.9. The first kappa shape index (κ1) is 28.8. The van der Waals surface area contributed by atoms with Gasteiger partial charge in [-0.3, -0.25) is 4.79 Å². The fourth-order valence-corrected chi connectivity index (χ4v) is 6.94. The lowest BCUT2D eigenvalue weighted by molar-refractivity contribution is -0.116. The third-order valence-corrected chi connectivity index (χ3v) is 9.89. The minimum absolute atomic E-state index is 0.00255. The van der Waals surface area contributed by atoms with Crippen LogP contribution >= 0.6 is 11.6 Å². The van der Waals surface area contributed by atoms with Gasteiger partial charge in [0.1, 0.15) is 11.9 Å². The Balaban J connectivity index is 1.47. The maximum absolute atomic E-state index is 14.4. The summed E-state index contributed by atoms with van der Waals surface area (Å²) >= 11 is 6.06. The fraction of sp³-hybridized carbons (Fsp3) is 0.615. The number of ether oxygens (including phenoxy) is 1. The first-order valence-corrected chi connectivity index (χ1v) is 15.1. The van der Waals surface area contributed by atoms with E-state index in [4.69, 9.17) is 27.5 Å². The Hall–Kier alpha value is -2.21. The molecule has 12 heteroatoms. The summed E-state index contributed by atoms with van der Waals surface area (Å²) in [6, 6.07) is 6.57. The van der Waals surface area contributed by atoms with Crippen LogP contribution in [0.4, 0.5) is 10.1 Å². The van der Waals surface area contributed by atoms with Crippen LogP contribution in [-0.2, 0) is 19.6 Å². The molecule has 4 rings (SSSR count). The molecule has 1 saturated heterocycles. The van der Waals surface area contributed by atoms with E-state index in [0.29, 0.717) is 36.6 Å². The third-order valence-electron chi connectivity index (χ3n) is 7.65. The average molecular weight is 570 g/mol. The number of rotatable bonds is 10. The topological polar surface area (TPSA) is 129 Å². The number of alkyl halides is 1. The van der Waals surface area contributed by atoms with E-state index in [1.807, 2.05) is 0 Å². The number of hydrogen-bond donors (Lipinski definition) is 3. The van der Waals surface area contributed by atoms with Crippen molar-refractivity contribution >= 4 is 39.4 Å². The number of piperazine rings is 1. The summed E-state index contributed by atoms with van der Waals surface area (Å²) in [5.41, 5.74) is 6.73. The number of hydrogen-bond acceptors (Lipinski definition) is 7. The number of halogens is 2. The summed E-state index contributed by atoms with van der Waals surface area (Å²) in [5, 5.41) is 11.3. The van der Waals surface area contributed by atoms with Crippen LogP contribution in [0.2, 0.25) is 5.02 Å². The van der Waals surface area contributed by atoms with Crippen molar-refractivity contribution in [1.82, 2.24) is 9.21 Å². The van der Waals surface area contributed by atoms with Crippen LogP contribution in [0.5, 0.6) is 0 Å². The van der Waals surface area contributed by atoms with Gasteiger partial charge in [-0.1, -0.05) is 24.6 Å². The molecule has 1 aliphatic heterocycles. The molecule has 0 radical (unpaired) electrons. The van der Waals surface area contributed by atoms with Crippen LogP contribution in [0.25, 0.3) is 0 Å². The average Bonchev–Trinajstić information content (AvgIpc) is 3.61. The lowest BCUT2D eigenvalue weighted by Gasteiger charge is -2.37. The molecule has 0 spiro atoms. The lowest BCUT2D eigenvalue weighted by atomic mass is 9.86. The van der Waals surface area contributed by atoms with Crippen LogP contribution in [0.15, 0.2) is 35.7 Å². The van der Waals surface area contributed by atoms with Crippen molar-refractivity contribution in [1.29, 1.82) is 5.41 Å². The van der Waals surface area contributed by atoms with Gasteiger partial charge in [-0.2, -0.15) is 4.31 Å². The molecule has 1 heterocycles. The second-order valence-corrected chi connectivity index (χ2v) is 13.4. The first-order chi connectivity index (χ1) is 18.0. The van der Waals surface area contributed by atoms with Gasteiger partial charge in [-0.25, -0.2) is 12.8 Å². The predicted octanol–water partition coefficient (Wildman–Crippen LogP) is 3.37. The van der Waals surface area contributed by atoms with E-state index in [2.05, 4.69) is 12.2 Å². The molecule has 3 atom stereocenters. The predicted molar refractivity (Wildman–Crippen MR) is 146 cm³/mol. The molecule has 2 aliphatic carbocycles. The number of amides is 1. The van der Waals surface area contributed by atoms with Crippen molar-refractivity contribution in [3.05, 3.63) is 40.7 Å². The zero-order valence-corrected chi connectivity index (χ0v) is 23.2. The second-order valence-electron chi connectivity index (χ2n) is 10.9. The van der Waals surface area contributed by atoms with Crippen molar-refractivity contribution in [2.75, 3.05) is 43.9 Å². The number of nitrogens with zero attached hydrogens (tertiary/aromatic N) is 2.